The molecule has 4 rings (SSSR count). The van der Waals surface area contributed by atoms with E-state index in [0.29, 0.717) is 34.9 Å². The van der Waals surface area contributed by atoms with Crippen LogP contribution in [0, 0.1) is 15.9 Å². The molecule has 156 valence electrons. The van der Waals surface area contributed by atoms with Crippen molar-refractivity contribution in [3.63, 3.8) is 0 Å². The molecule has 0 saturated carbocycles. The Bertz CT molecular complexity index is 1280. The first-order chi connectivity index (χ1) is 15.0. The van der Waals surface area contributed by atoms with Gasteiger partial charge in [-0.05, 0) is 35.9 Å². The number of nitro benzene ring substituents is 1. The van der Waals surface area contributed by atoms with Crippen LogP contribution in [0.1, 0.15) is 11.3 Å². The van der Waals surface area contributed by atoms with Crippen molar-refractivity contribution in [1.29, 1.82) is 0 Å². The highest BCUT2D eigenvalue weighted by Gasteiger charge is 2.14. The van der Waals surface area contributed by atoms with Crippen molar-refractivity contribution in [3.8, 4) is 11.4 Å². The van der Waals surface area contributed by atoms with Crippen molar-refractivity contribution in [1.82, 2.24) is 19.9 Å². The molecule has 0 unspecified atom stereocenters. The van der Waals surface area contributed by atoms with Crippen LogP contribution < -0.4 is 5.32 Å². The Morgan fingerprint density at radius 2 is 2.00 bits per heavy atom. The quantitative estimate of drug-likeness (QED) is 0.269. The van der Waals surface area contributed by atoms with Crippen LogP contribution in [0.15, 0.2) is 60.0 Å². The number of thiazole rings is 1. The summed E-state index contributed by atoms with van der Waals surface area (Å²) in [6, 6.07) is 12.2. The van der Waals surface area contributed by atoms with Crippen molar-refractivity contribution in [3.05, 3.63) is 87.2 Å². The van der Waals surface area contributed by atoms with E-state index in [9.17, 15) is 19.3 Å². The van der Waals surface area contributed by atoms with Gasteiger partial charge in [-0.15, -0.1) is 16.4 Å². The Labute approximate surface area is 179 Å². The van der Waals surface area contributed by atoms with Gasteiger partial charge in [0.15, 0.2) is 5.82 Å². The maximum Gasteiger partial charge on any atom is 0.269 e. The number of halogens is 1. The second-order valence-electron chi connectivity index (χ2n) is 6.56. The molecule has 0 saturated heterocycles. The van der Waals surface area contributed by atoms with Crippen molar-refractivity contribution in [2.45, 2.75) is 6.42 Å². The molecule has 1 amide bonds. The number of nitrogens with zero attached hydrogens (tertiary/aromatic N) is 4. The minimum absolute atomic E-state index is 0.00468. The number of nitrogens with one attached hydrogen (secondary N) is 1. The normalized spacial score (nSPS) is 11.3. The van der Waals surface area contributed by atoms with Crippen LogP contribution >= 0.6 is 11.3 Å². The van der Waals surface area contributed by atoms with E-state index in [1.807, 2.05) is 5.38 Å². The van der Waals surface area contributed by atoms with E-state index < -0.39 is 4.92 Å². The van der Waals surface area contributed by atoms with E-state index in [2.05, 4.69) is 15.4 Å². The lowest BCUT2D eigenvalue weighted by atomic mass is 10.2. The number of carbonyl (C=O) groups excluding carboxylic acids is 1. The van der Waals surface area contributed by atoms with Crippen molar-refractivity contribution in [2.24, 2.45) is 0 Å². The molecule has 1 N–H and O–H groups in total. The summed E-state index contributed by atoms with van der Waals surface area (Å²) >= 11 is 1.40. The summed E-state index contributed by atoms with van der Waals surface area (Å²) in [6.45, 7) is 0.379. The van der Waals surface area contributed by atoms with Crippen LogP contribution in [0.3, 0.4) is 0 Å². The van der Waals surface area contributed by atoms with Gasteiger partial charge < -0.3 is 5.32 Å². The summed E-state index contributed by atoms with van der Waals surface area (Å²) in [5.74, 6) is -0.342. The summed E-state index contributed by atoms with van der Waals surface area (Å²) in [5, 5.41) is 19.7. The van der Waals surface area contributed by atoms with Crippen molar-refractivity contribution in [2.75, 3.05) is 6.54 Å². The zero-order chi connectivity index (χ0) is 21.8. The van der Waals surface area contributed by atoms with E-state index in [-0.39, 0.29) is 17.4 Å². The van der Waals surface area contributed by atoms with Crippen molar-refractivity contribution < 1.29 is 14.1 Å². The average Bonchev–Trinajstić information content (AvgIpc) is 3.34. The van der Waals surface area contributed by atoms with Crippen LogP contribution in [0.4, 0.5) is 10.1 Å². The van der Waals surface area contributed by atoms with E-state index >= 15 is 0 Å². The molecule has 2 aromatic heterocycles. The van der Waals surface area contributed by atoms with Gasteiger partial charge in [-0.3, -0.25) is 14.9 Å². The van der Waals surface area contributed by atoms with Gasteiger partial charge in [-0.25, -0.2) is 8.91 Å². The molecule has 8 nitrogen and oxygen atoms in total. The van der Waals surface area contributed by atoms with Crippen LogP contribution in [0.25, 0.3) is 22.4 Å². The van der Waals surface area contributed by atoms with Gasteiger partial charge in [0.25, 0.3) is 5.69 Å². The minimum Gasteiger partial charge on any atom is -0.352 e. The topological polar surface area (TPSA) is 102 Å². The Hall–Kier alpha value is -3.92. The first kappa shape index (κ1) is 20.4. The average molecular weight is 437 g/mol. The second kappa shape index (κ2) is 8.84. The molecule has 31 heavy (non-hydrogen) atoms. The summed E-state index contributed by atoms with van der Waals surface area (Å²) in [5.41, 5.74) is 1.88. The molecule has 0 spiro atoms. The molecular formula is C21H16FN5O3S. The van der Waals surface area contributed by atoms with Gasteiger partial charge in [0.2, 0.25) is 10.9 Å². The number of amides is 1. The molecule has 0 fully saturated rings. The van der Waals surface area contributed by atoms with Gasteiger partial charge >= 0.3 is 0 Å². The summed E-state index contributed by atoms with van der Waals surface area (Å²) in [4.78, 5) is 27.2. The lowest BCUT2D eigenvalue weighted by molar-refractivity contribution is -0.384. The highest BCUT2D eigenvalue weighted by atomic mass is 32.1. The highest BCUT2D eigenvalue weighted by molar-refractivity contribution is 7.15. The van der Waals surface area contributed by atoms with E-state index in [1.165, 1.54) is 35.6 Å². The molecule has 2 aromatic carbocycles. The lowest BCUT2D eigenvalue weighted by Crippen LogP contribution is -2.23. The van der Waals surface area contributed by atoms with Crippen LogP contribution in [0.5, 0.6) is 0 Å². The number of hydrogen-bond donors (Lipinski definition) is 1. The van der Waals surface area contributed by atoms with Crippen LogP contribution in [-0.2, 0) is 11.2 Å². The van der Waals surface area contributed by atoms with Gasteiger partial charge in [-0.2, -0.15) is 4.98 Å². The zero-order valence-electron chi connectivity index (χ0n) is 16.1. The fourth-order valence-corrected chi connectivity index (χ4v) is 3.76. The number of nitro groups is 1. The smallest absolute Gasteiger partial charge is 0.269 e. The lowest BCUT2D eigenvalue weighted by Gasteiger charge is -2.01. The van der Waals surface area contributed by atoms with E-state index in [4.69, 9.17) is 0 Å². The number of non-ortho nitro benzene ring substituents is 1. The van der Waals surface area contributed by atoms with Crippen LogP contribution in [-0.4, -0.2) is 32.0 Å². The van der Waals surface area contributed by atoms with Gasteiger partial charge in [0.1, 0.15) is 5.82 Å². The van der Waals surface area contributed by atoms with E-state index in [1.54, 1.807) is 40.9 Å². The van der Waals surface area contributed by atoms with Crippen molar-refractivity contribution >= 4 is 34.0 Å². The number of fused-ring (bicyclic) bond motifs is 1. The fraction of sp³-hybridized carbons (Fsp3) is 0.0952. The first-order valence-electron chi connectivity index (χ1n) is 9.29. The van der Waals surface area contributed by atoms with E-state index in [0.717, 1.165) is 5.69 Å². The Balaban J connectivity index is 1.35. The predicted molar refractivity (Wildman–Crippen MR) is 115 cm³/mol. The predicted octanol–water partition coefficient (Wildman–Crippen LogP) is 3.88. The number of hydrogen-bond acceptors (Lipinski definition) is 6. The second-order valence-corrected chi connectivity index (χ2v) is 7.40. The molecule has 0 radical (unpaired) electrons. The fourth-order valence-electron chi connectivity index (χ4n) is 2.91. The molecule has 0 aliphatic heterocycles. The largest absolute Gasteiger partial charge is 0.352 e. The standard InChI is InChI=1S/C21H16FN5O3S/c22-18-4-2-1-3-17(18)20-24-21-26(25-20)16(13-31-21)11-12-23-19(28)10-7-14-5-8-15(9-6-14)27(29)30/h1-10,13H,11-12H2,(H,23,28)/b10-7+. The third kappa shape index (κ3) is 4.64. The SMILES string of the molecule is O=C(/C=C/c1ccc([N+](=O)[O-])cc1)NCCc1csc2nc(-c3ccccc3F)nn12. The third-order valence-electron chi connectivity index (χ3n) is 4.48. The van der Waals surface area contributed by atoms with Crippen LogP contribution in [0.2, 0.25) is 0 Å². The monoisotopic (exact) mass is 437 g/mol. The maximum atomic E-state index is 14.0. The molecule has 0 bridgehead atoms. The molecule has 0 aliphatic rings. The Kier molecular flexibility index (Phi) is 5.80. The Morgan fingerprint density at radius 1 is 1.23 bits per heavy atom. The molecular weight excluding hydrogens is 421 g/mol. The molecule has 2 heterocycles. The summed E-state index contributed by atoms with van der Waals surface area (Å²) in [7, 11) is 0. The molecule has 10 heteroatoms. The molecule has 0 atom stereocenters. The molecule has 4 aromatic rings. The first-order valence-corrected chi connectivity index (χ1v) is 10.2. The van der Waals surface area contributed by atoms with Gasteiger partial charge in [-0.1, -0.05) is 12.1 Å². The number of carbonyl (C=O) groups is 1. The molecule has 0 aliphatic carbocycles. The Morgan fingerprint density at radius 3 is 2.74 bits per heavy atom. The summed E-state index contributed by atoms with van der Waals surface area (Å²) in [6.07, 6.45) is 3.48. The zero-order valence-corrected chi connectivity index (χ0v) is 16.9. The number of aromatic nitrogens is 3. The third-order valence-corrected chi connectivity index (χ3v) is 5.34. The maximum absolute atomic E-state index is 14.0. The number of benzene rings is 2. The highest BCUT2D eigenvalue weighted by Crippen LogP contribution is 2.23. The summed E-state index contributed by atoms with van der Waals surface area (Å²) < 4.78 is 15.6. The van der Waals surface area contributed by atoms with Gasteiger partial charge in [0.05, 0.1) is 16.2 Å². The minimum atomic E-state index is -0.476. The number of rotatable bonds is 7. The van der Waals surface area contributed by atoms with Gasteiger partial charge in [0, 0.05) is 36.6 Å².